The number of nitrogen functional groups attached to an aromatic ring is 1. The molecule has 0 atom stereocenters. The van der Waals surface area contributed by atoms with E-state index in [4.69, 9.17) is 19.9 Å². The minimum absolute atomic E-state index is 0.261. The van der Waals surface area contributed by atoms with Gasteiger partial charge in [0, 0.05) is 12.1 Å². The number of hydrogen-bond donors (Lipinski definition) is 1. The maximum absolute atomic E-state index is 6.02. The molecule has 0 heterocycles. The van der Waals surface area contributed by atoms with Crippen LogP contribution >= 0.6 is 0 Å². The zero-order valence-corrected chi connectivity index (χ0v) is 11.9. The van der Waals surface area contributed by atoms with Crippen molar-refractivity contribution in [3.63, 3.8) is 0 Å². The Bertz CT molecular complexity index is 426. The quantitative estimate of drug-likeness (QED) is 0.849. The Labute approximate surface area is 114 Å². The monoisotopic (exact) mass is 265 g/mol. The van der Waals surface area contributed by atoms with Gasteiger partial charge >= 0.3 is 0 Å². The summed E-state index contributed by atoms with van der Waals surface area (Å²) >= 11 is 0. The standard InChI is InChI=1S/C15H23NO3/c1-10-4-6-11(7-5-10)19-13-9-15(18-3)14(17-2)8-12(13)16/h8-11H,4-7,16H2,1-3H3. The van der Waals surface area contributed by atoms with Crippen LogP contribution < -0.4 is 19.9 Å². The number of hydrogen-bond acceptors (Lipinski definition) is 4. The van der Waals surface area contributed by atoms with Gasteiger partial charge in [0.15, 0.2) is 11.5 Å². The lowest BCUT2D eigenvalue weighted by molar-refractivity contribution is 0.136. The first-order valence-corrected chi connectivity index (χ1v) is 6.82. The highest BCUT2D eigenvalue weighted by Gasteiger charge is 2.21. The van der Waals surface area contributed by atoms with Gasteiger partial charge in [-0.1, -0.05) is 6.92 Å². The topological polar surface area (TPSA) is 53.7 Å². The van der Waals surface area contributed by atoms with Gasteiger partial charge in [-0.25, -0.2) is 0 Å². The molecule has 0 aliphatic heterocycles. The van der Waals surface area contributed by atoms with E-state index in [2.05, 4.69) is 6.92 Å². The molecule has 4 nitrogen and oxygen atoms in total. The van der Waals surface area contributed by atoms with E-state index in [-0.39, 0.29) is 6.10 Å². The molecule has 0 unspecified atom stereocenters. The molecule has 1 fully saturated rings. The van der Waals surface area contributed by atoms with Crippen LogP contribution in [-0.2, 0) is 0 Å². The fourth-order valence-electron chi connectivity index (χ4n) is 2.51. The van der Waals surface area contributed by atoms with Crippen LogP contribution in [-0.4, -0.2) is 20.3 Å². The molecule has 19 heavy (non-hydrogen) atoms. The molecule has 106 valence electrons. The average Bonchev–Trinajstić information content (AvgIpc) is 2.43. The number of rotatable bonds is 4. The van der Waals surface area contributed by atoms with Gasteiger partial charge in [0.05, 0.1) is 26.0 Å². The fourth-order valence-corrected chi connectivity index (χ4v) is 2.51. The normalized spacial score (nSPS) is 22.9. The first-order chi connectivity index (χ1) is 9.13. The summed E-state index contributed by atoms with van der Waals surface area (Å²) in [5, 5.41) is 0. The van der Waals surface area contributed by atoms with Crippen LogP contribution in [0.1, 0.15) is 32.6 Å². The van der Waals surface area contributed by atoms with Crippen molar-refractivity contribution in [1.82, 2.24) is 0 Å². The second-order valence-electron chi connectivity index (χ2n) is 5.24. The molecule has 0 spiro atoms. The van der Waals surface area contributed by atoms with Crippen molar-refractivity contribution in [2.45, 2.75) is 38.7 Å². The Morgan fingerprint density at radius 3 is 2.11 bits per heavy atom. The molecule has 0 aromatic heterocycles. The molecular formula is C15H23NO3. The van der Waals surface area contributed by atoms with E-state index in [0.29, 0.717) is 22.9 Å². The summed E-state index contributed by atoms with van der Waals surface area (Å²) in [5.41, 5.74) is 6.60. The van der Waals surface area contributed by atoms with Crippen LogP contribution in [0.15, 0.2) is 12.1 Å². The third-order valence-corrected chi connectivity index (χ3v) is 3.77. The van der Waals surface area contributed by atoms with Crippen LogP contribution in [0.25, 0.3) is 0 Å². The fraction of sp³-hybridized carbons (Fsp3) is 0.600. The van der Waals surface area contributed by atoms with E-state index >= 15 is 0 Å². The molecule has 2 N–H and O–H groups in total. The third kappa shape index (κ3) is 3.25. The molecule has 2 rings (SSSR count). The lowest BCUT2D eigenvalue weighted by Crippen LogP contribution is -2.23. The highest BCUT2D eigenvalue weighted by Crippen LogP contribution is 2.38. The Kier molecular flexibility index (Phi) is 4.40. The van der Waals surface area contributed by atoms with Crippen molar-refractivity contribution in [3.05, 3.63) is 12.1 Å². The molecule has 0 saturated heterocycles. The Balaban J connectivity index is 2.11. The Morgan fingerprint density at radius 1 is 0.947 bits per heavy atom. The van der Waals surface area contributed by atoms with Gasteiger partial charge in [0.1, 0.15) is 5.75 Å². The zero-order chi connectivity index (χ0) is 13.8. The summed E-state index contributed by atoms with van der Waals surface area (Å²) in [6.07, 6.45) is 4.89. The predicted octanol–water partition coefficient (Wildman–Crippen LogP) is 3.24. The van der Waals surface area contributed by atoms with Gasteiger partial charge in [0.2, 0.25) is 0 Å². The molecule has 0 bridgehead atoms. The molecule has 0 amide bonds. The first-order valence-electron chi connectivity index (χ1n) is 6.82. The summed E-state index contributed by atoms with van der Waals surface area (Å²) in [4.78, 5) is 0. The summed E-state index contributed by atoms with van der Waals surface area (Å²) in [6.45, 7) is 2.29. The van der Waals surface area contributed by atoms with Crippen molar-refractivity contribution >= 4 is 5.69 Å². The summed E-state index contributed by atoms with van der Waals surface area (Å²) in [7, 11) is 3.21. The summed E-state index contributed by atoms with van der Waals surface area (Å²) in [5.74, 6) is 2.78. The van der Waals surface area contributed by atoms with Gasteiger partial charge < -0.3 is 19.9 Å². The van der Waals surface area contributed by atoms with E-state index in [1.54, 1.807) is 20.3 Å². The van der Waals surface area contributed by atoms with E-state index in [1.807, 2.05) is 6.07 Å². The molecule has 1 aliphatic carbocycles. The van der Waals surface area contributed by atoms with E-state index < -0.39 is 0 Å². The summed E-state index contributed by atoms with van der Waals surface area (Å²) in [6, 6.07) is 3.56. The molecule has 1 aliphatic rings. The van der Waals surface area contributed by atoms with Crippen LogP contribution in [0.4, 0.5) is 5.69 Å². The van der Waals surface area contributed by atoms with Gasteiger partial charge in [-0.15, -0.1) is 0 Å². The number of ether oxygens (including phenoxy) is 3. The van der Waals surface area contributed by atoms with E-state index in [0.717, 1.165) is 18.8 Å². The van der Waals surface area contributed by atoms with E-state index in [1.165, 1.54) is 12.8 Å². The first kappa shape index (κ1) is 13.8. The number of anilines is 1. The van der Waals surface area contributed by atoms with Crippen molar-refractivity contribution < 1.29 is 14.2 Å². The Hall–Kier alpha value is -1.58. The van der Waals surface area contributed by atoms with Crippen molar-refractivity contribution in [3.8, 4) is 17.2 Å². The maximum atomic E-state index is 6.02. The average molecular weight is 265 g/mol. The van der Waals surface area contributed by atoms with Gasteiger partial charge in [0.25, 0.3) is 0 Å². The number of nitrogens with two attached hydrogens (primary N) is 1. The SMILES string of the molecule is COc1cc(N)c(OC2CCC(C)CC2)cc1OC. The predicted molar refractivity (Wildman–Crippen MR) is 76.0 cm³/mol. The van der Waals surface area contributed by atoms with Crippen LogP contribution in [0.3, 0.4) is 0 Å². The number of benzene rings is 1. The van der Waals surface area contributed by atoms with Crippen LogP contribution in [0.2, 0.25) is 0 Å². The van der Waals surface area contributed by atoms with Gasteiger partial charge in [-0.2, -0.15) is 0 Å². The van der Waals surface area contributed by atoms with Crippen LogP contribution in [0.5, 0.6) is 17.2 Å². The lowest BCUT2D eigenvalue weighted by atomic mass is 9.89. The highest BCUT2D eigenvalue weighted by molar-refractivity contribution is 5.62. The second kappa shape index (κ2) is 6.04. The minimum atomic E-state index is 0.261. The highest BCUT2D eigenvalue weighted by atomic mass is 16.5. The number of methoxy groups -OCH3 is 2. The zero-order valence-electron chi connectivity index (χ0n) is 11.9. The molecule has 4 heteroatoms. The van der Waals surface area contributed by atoms with Crippen molar-refractivity contribution in [2.75, 3.05) is 20.0 Å². The van der Waals surface area contributed by atoms with E-state index in [9.17, 15) is 0 Å². The molecule has 1 aromatic rings. The Morgan fingerprint density at radius 2 is 1.53 bits per heavy atom. The van der Waals surface area contributed by atoms with Gasteiger partial charge in [-0.05, 0) is 31.6 Å². The van der Waals surface area contributed by atoms with Crippen molar-refractivity contribution in [2.24, 2.45) is 5.92 Å². The third-order valence-electron chi connectivity index (χ3n) is 3.77. The maximum Gasteiger partial charge on any atom is 0.164 e. The largest absolute Gasteiger partial charge is 0.493 e. The van der Waals surface area contributed by atoms with Crippen molar-refractivity contribution in [1.29, 1.82) is 0 Å². The second-order valence-corrected chi connectivity index (χ2v) is 5.24. The smallest absolute Gasteiger partial charge is 0.164 e. The molecule has 1 saturated carbocycles. The summed E-state index contributed by atoms with van der Waals surface area (Å²) < 4.78 is 16.5. The minimum Gasteiger partial charge on any atom is -0.493 e. The molecular weight excluding hydrogens is 242 g/mol. The molecule has 0 radical (unpaired) electrons. The van der Waals surface area contributed by atoms with Gasteiger partial charge in [-0.3, -0.25) is 0 Å². The molecule has 1 aromatic carbocycles. The lowest BCUT2D eigenvalue weighted by Gasteiger charge is -2.27. The van der Waals surface area contributed by atoms with Crippen LogP contribution in [0, 0.1) is 5.92 Å².